The number of benzene rings is 2. The second kappa shape index (κ2) is 6.89. The molecule has 2 N–H and O–H groups in total. The third-order valence-electron chi connectivity index (χ3n) is 3.10. The van der Waals surface area contributed by atoms with Gasteiger partial charge in [-0.3, -0.25) is 0 Å². The molecule has 0 aliphatic carbocycles. The van der Waals surface area contributed by atoms with Crippen molar-refractivity contribution in [3.05, 3.63) is 53.6 Å². The maximum absolute atomic E-state index is 12.0. The maximum atomic E-state index is 12.0. The highest BCUT2D eigenvalue weighted by molar-refractivity contribution is 5.99. The van der Waals surface area contributed by atoms with Crippen molar-refractivity contribution < 1.29 is 18.3 Å². The number of aryl methyl sites for hydroxylation is 2. The molecule has 0 spiro atoms. The van der Waals surface area contributed by atoms with Crippen molar-refractivity contribution in [2.75, 3.05) is 10.6 Å². The van der Waals surface area contributed by atoms with E-state index in [1.54, 1.807) is 0 Å². The van der Waals surface area contributed by atoms with Gasteiger partial charge in [0.1, 0.15) is 5.75 Å². The van der Waals surface area contributed by atoms with Gasteiger partial charge in [-0.25, -0.2) is 4.79 Å². The number of anilines is 2. The minimum absolute atomic E-state index is 0.0371. The summed E-state index contributed by atoms with van der Waals surface area (Å²) >= 11 is 0. The minimum Gasteiger partial charge on any atom is -0.435 e. The molecule has 22 heavy (non-hydrogen) atoms. The van der Waals surface area contributed by atoms with Gasteiger partial charge in [0.05, 0.1) is 0 Å². The zero-order valence-corrected chi connectivity index (χ0v) is 12.2. The second-order valence-corrected chi connectivity index (χ2v) is 4.78. The van der Waals surface area contributed by atoms with E-state index in [0.29, 0.717) is 11.4 Å². The fourth-order valence-corrected chi connectivity index (χ4v) is 1.83. The molecule has 0 bridgehead atoms. The number of amides is 2. The van der Waals surface area contributed by atoms with Crippen LogP contribution in [0, 0.1) is 13.8 Å². The Morgan fingerprint density at radius 2 is 1.55 bits per heavy atom. The number of hydrogen-bond acceptors (Lipinski definition) is 2. The molecule has 0 atom stereocenters. The van der Waals surface area contributed by atoms with Gasteiger partial charge in [0.25, 0.3) is 0 Å². The highest BCUT2D eigenvalue weighted by Gasteiger charge is 2.06. The first-order valence-electron chi connectivity index (χ1n) is 6.64. The zero-order valence-electron chi connectivity index (χ0n) is 12.2. The Morgan fingerprint density at radius 3 is 2.14 bits per heavy atom. The Balaban J connectivity index is 1.95. The molecule has 6 heteroatoms. The molecule has 0 aromatic heterocycles. The van der Waals surface area contributed by atoms with Gasteiger partial charge in [-0.05, 0) is 61.4 Å². The molecule has 0 fully saturated rings. The standard InChI is InChI=1S/C16H16F2N2O2/c1-10-3-4-13(9-11(10)2)20-16(21)19-12-5-7-14(8-6-12)22-15(17)18/h3-9,15H,1-2H3,(H2,19,20,21). The third-order valence-corrected chi connectivity index (χ3v) is 3.10. The summed E-state index contributed by atoms with van der Waals surface area (Å²) in [6.07, 6.45) is 0. The first-order valence-corrected chi connectivity index (χ1v) is 6.64. The lowest BCUT2D eigenvalue weighted by Crippen LogP contribution is -2.19. The smallest absolute Gasteiger partial charge is 0.387 e. The molecule has 0 radical (unpaired) electrons. The van der Waals surface area contributed by atoms with Gasteiger partial charge in [-0.2, -0.15) is 8.78 Å². The highest BCUT2D eigenvalue weighted by Crippen LogP contribution is 2.18. The quantitative estimate of drug-likeness (QED) is 0.870. The summed E-state index contributed by atoms with van der Waals surface area (Å²) in [6.45, 7) is 1.08. The van der Waals surface area contributed by atoms with E-state index < -0.39 is 12.6 Å². The van der Waals surface area contributed by atoms with E-state index >= 15 is 0 Å². The summed E-state index contributed by atoms with van der Waals surface area (Å²) in [5.74, 6) is 0.0371. The van der Waals surface area contributed by atoms with Crippen LogP contribution in [0.2, 0.25) is 0 Å². The Hall–Kier alpha value is -2.63. The van der Waals surface area contributed by atoms with Crippen LogP contribution in [0.3, 0.4) is 0 Å². The lowest BCUT2D eigenvalue weighted by molar-refractivity contribution is -0.0498. The topological polar surface area (TPSA) is 50.4 Å². The molecule has 2 aromatic rings. The van der Waals surface area contributed by atoms with Crippen molar-refractivity contribution in [3.63, 3.8) is 0 Å². The molecule has 2 amide bonds. The Kier molecular flexibility index (Phi) is 4.93. The first-order chi connectivity index (χ1) is 10.4. The predicted molar refractivity (Wildman–Crippen MR) is 81.6 cm³/mol. The molecule has 2 aromatic carbocycles. The highest BCUT2D eigenvalue weighted by atomic mass is 19.3. The van der Waals surface area contributed by atoms with Crippen LogP contribution < -0.4 is 15.4 Å². The van der Waals surface area contributed by atoms with Crippen molar-refractivity contribution >= 4 is 17.4 Å². The summed E-state index contributed by atoms with van der Waals surface area (Å²) in [5.41, 5.74) is 3.37. The van der Waals surface area contributed by atoms with Gasteiger partial charge in [-0.15, -0.1) is 0 Å². The van der Waals surface area contributed by atoms with E-state index in [-0.39, 0.29) is 5.75 Å². The molecule has 2 rings (SSSR count). The maximum Gasteiger partial charge on any atom is 0.387 e. The van der Waals surface area contributed by atoms with E-state index in [1.807, 2.05) is 32.0 Å². The fraction of sp³-hybridized carbons (Fsp3) is 0.188. The van der Waals surface area contributed by atoms with Gasteiger partial charge >= 0.3 is 12.6 Å². The number of alkyl halides is 2. The van der Waals surface area contributed by atoms with E-state index in [0.717, 1.165) is 11.1 Å². The lowest BCUT2D eigenvalue weighted by atomic mass is 10.1. The predicted octanol–water partition coefficient (Wildman–Crippen LogP) is 4.55. The van der Waals surface area contributed by atoms with Crippen molar-refractivity contribution in [1.82, 2.24) is 0 Å². The Labute approximate surface area is 127 Å². The molecule has 0 saturated carbocycles. The summed E-state index contributed by atoms with van der Waals surface area (Å²) in [5, 5.41) is 5.32. The molecule has 116 valence electrons. The number of hydrogen-bond donors (Lipinski definition) is 2. The van der Waals surface area contributed by atoms with Crippen molar-refractivity contribution in [2.45, 2.75) is 20.5 Å². The normalized spacial score (nSPS) is 10.4. The lowest BCUT2D eigenvalue weighted by Gasteiger charge is -2.10. The summed E-state index contributed by atoms with van der Waals surface area (Å²) in [4.78, 5) is 11.9. The molecule has 0 heterocycles. The van der Waals surface area contributed by atoms with Crippen LogP contribution in [0.4, 0.5) is 25.0 Å². The number of ether oxygens (including phenoxy) is 1. The number of nitrogens with one attached hydrogen (secondary N) is 2. The van der Waals surface area contributed by atoms with Crippen LogP contribution in [0.15, 0.2) is 42.5 Å². The van der Waals surface area contributed by atoms with Crippen LogP contribution in [-0.2, 0) is 0 Å². The molecule has 0 saturated heterocycles. The van der Waals surface area contributed by atoms with E-state index in [9.17, 15) is 13.6 Å². The van der Waals surface area contributed by atoms with Gasteiger partial charge in [0.15, 0.2) is 0 Å². The second-order valence-electron chi connectivity index (χ2n) is 4.78. The Morgan fingerprint density at radius 1 is 0.955 bits per heavy atom. The van der Waals surface area contributed by atoms with Crippen LogP contribution >= 0.6 is 0 Å². The molecule has 0 unspecified atom stereocenters. The van der Waals surface area contributed by atoms with Gasteiger partial charge in [0, 0.05) is 11.4 Å². The Bertz CT molecular complexity index is 658. The molecule has 0 aliphatic heterocycles. The average molecular weight is 306 g/mol. The van der Waals surface area contributed by atoms with Crippen molar-refractivity contribution in [1.29, 1.82) is 0 Å². The third kappa shape index (κ3) is 4.44. The summed E-state index contributed by atoms with van der Waals surface area (Å²) in [7, 11) is 0. The molecule has 0 aliphatic rings. The van der Waals surface area contributed by atoms with Crippen LogP contribution in [0.5, 0.6) is 5.75 Å². The van der Waals surface area contributed by atoms with Gasteiger partial charge in [-0.1, -0.05) is 6.07 Å². The van der Waals surface area contributed by atoms with Gasteiger partial charge < -0.3 is 15.4 Å². The fourth-order valence-electron chi connectivity index (χ4n) is 1.83. The largest absolute Gasteiger partial charge is 0.435 e. The zero-order chi connectivity index (χ0) is 16.1. The molecular weight excluding hydrogens is 290 g/mol. The molecule has 4 nitrogen and oxygen atoms in total. The number of urea groups is 1. The first kappa shape index (κ1) is 15.8. The van der Waals surface area contributed by atoms with Crippen LogP contribution in [0.1, 0.15) is 11.1 Å². The van der Waals surface area contributed by atoms with E-state index in [2.05, 4.69) is 15.4 Å². The molecular formula is C16H16F2N2O2. The van der Waals surface area contributed by atoms with Gasteiger partial charge in [0.2, 0.25) is 0 Å². The monoisotopic (exact) mass is 306 g/mol. The number of carbonyl (C=O) groups is 1. The average Bonchev–Trinajstić information content (AvgIpc) is 2.44. The number of carbonyl (C=O) groups excluding carboxylic acids is 1. The summed E-state index contributed by atoms with van der Waals surface area (Å²) in [6, 6.07) is 10.9. The number of halogens is 2. The summed E-state index contributed by atoms with van der Waals surface area (Å²) < 4.78 is 28.3. The SMILES string of the molecule is Cc1ccc(NC(=O)Nc2ccc(OC(F)F)cc2)cc1C. The van der Waals surface area contributed by atoms with E-state index in [1.165, 1.54) is 24.3 Å². The van der Waals surface area contributed by atoms with E-state index in [4.69, 9.17) is 0 Å². The minimum atomic E-state index is -2.87. The number of rotatable bonds is 4. The van der Waals surface area contributed by atoms with Crippen molar-refractivity contribution in [2.24, 2.45) is 0 Å². The van der Waals surface area contributed by atoms with Crippen LogP contribution in [0.25, 0.3) is 0 Å². The van der Waals surface area contributed by atoms with Crippen molar-refractivity contribution in [3.8, 4) is 5.75 Å². The van der Waals surface area contributed by atoms with Crippen LogP contribution in [-0.4, -0.2) is 12.6 Å².